The zero-order chi connectivity index (χ0) is 16.5. The van der Waals surface area contributed by atoms with Gasteiger partial charge < -0.3 is 14.8 Å². The summed E-state index contributed by atoms with van der Waals surface area (Å²) in [5, 5.41) is 3.06. The largest absolute Gasteiger partial charge is 0.469 e. The predicted molar refractivity (Wildman–Crippen MR) is 81.0 cm³/mol. The normalized spacial score (nSPS) is 9.95. The number of hydrogen-bond acceptors (Lipinski definition) is 5. The molecule has 0 aromatic heterocycles. The summed E-state index contributed by atoms with van der Waals surface area (Å²) >= 11 is 11.5. The first-order valence-corrected chi connectivity index (χ1v) is 7.15. The van der Waals surface area contributed by atoms with E-state index in [9.17, 15) is 14.4 Å². The van der Waals surface area contributed by atoms with Gasteiger partial charge in [0.2, 0.25) is 0 Å². The molecule has 0 fully saturated rings. The summed E-state index contributed by atoms with van der Waals surface area (Å²) < 4.78 is 9.30. The standard InChI is InChI=1S/C14H15Cl2NO5/c1-21-13(19)3-2-6-17-12(18)8-22-14(20)9-4-5-10(15)11(16)7-9/h4-5,7H,2-3,6,8H2,1H3,(H,17,18). The fourth-order valence-electron chi connectivity index (χ4n) is 1.45. The number of carbonyl (C=O) groups excluding carboxylic acids is 3. The number of rotatable bonds is 7. The minimum atomic E-state index is -0.678. The van der Waals surface area contributed by atoms with Crippen molar-refractivity contribution in [1.29, 1.82) is 0 Å². The average Bonchev–Trinajstić information content (AvgIpc) is 2.51. The summed E-state index contributed by atoms with van der Waals surface area (Å²) in [6, 6.07) is 4.28. The molecule has 0 atom stereocenters. The molecule has 1 rings (SSSR count). The quantitative estimate of drug-likeness (QED) is 0.604. The molecular weight excluding hydrogens is 333 g/mol. The van der Waals surface area contributed by atoms with Crippen molar-refractivity contribution in [2.24, 2.45) is 0 Å². The molecule has 1 amide bonds. The van der Waals surface area contributed by atoms with Crippen LogP contribution in [0.15, 0.2) is 18.2 Å². The maximum atomic E-state index is 11.7. The van der Waals surface area contributed by atoms with Gasteiger partial charge >= 0.3 is 11.9 Å². The third-order valence-electron chi connectivity index (χ3n) is 2.60. The Bertz CT molecular complexity index is 562. The lowest BCUT2D eigenvalue weighted by molar-refractivity contribution is -0.140. The smallest absolute Gasteiger partial charge is 0.338 e. The SMILES string of the molecule is COC(=O)CCCNC(=O)COC(=O)c1ccc(Cl)c(Cl)c1. The summed E-state index contributed by atoms with van der Waals surface area (Å²) in [5.41, 5.74) is 0.202. The molecule has 1 aromatic rings. The molecule has 0 saturated carbocycles. The minimum absolute atomic E-state index is 0.202. The van der Waals surface area contributed by atoms with E-state index < -0.39 is 18.5 Å². The van der Waals surface area contributed by atoms with Gasteiger partial charge in [-0.3, -0.25) is 9.59 Å². The number of ether oxygens (including phenoxy) is 2. The molecule has 8 heteroatoms. The van der Waals surface area contributed by atoms with Crippen LogP contribution in [0.2, 0.25) is 10.0 Å². The Hall–Kier alpha value is -1.79. The molecule has 0 bridgehead atoms. The molecule has 0 unspecified atom stereocenters. The Kier molecular flexibility index (Phi) is 7.70. The summed E-state index contributed by atoms with van der Waals surface area (Å²) in [7, 11) is 1.30. The average molecular weight is 348 g/mol. The molecule has 0 radical (unpaired) electrons. The Morgan fingerprint density at radius 2 is 1.91 bits per heavy atom. The second-order valence-electron chi connectivity index (χ2n) is 4.23. The highest BCUT2D eigenvalue weighted by Gasteiger charge is 2.11. The summed E-state index contributed by atoms with van der Waals surface area (Å²) in [4.78, 5) is 34.0. The molecular formula is C14H15Cl2NO5. The van der Waals surface area contributed by atoms with Crippen molar-refractivity contribution in [2.45, 2.75) is 12.8 Å². The highest BCUT2D eigenvalue weighted by atomic mass is 35.5. The number of nitrogens with one attached hydrogen (secondary N) is 1. The fourth-order valence-corrected chi connectivity index (χ4v) is 1.75. The number of amides is 1. The molecule has 0 spiro atoms. The van der Waals surface area contributed by atoms with Gasteiger partial charge in [0.05, 0.1) is 22.7 Å². The summed E-state index contributed by atoms with van der Waals surface area (Å²) in [6.07, 6.45) is 0.652. The summed E-state index contributed by atoms with van der Waals surface area (Å²) in [6.45, 7) is -0.129. The van der Waals surface area contributed by atoms with Crippen LogP contribution in [0.25, 0.3) is 0 Å². The van der Waals surface area contributed by atoms with Crippen LogP contribution in [-0.2, 0) is 19.1 Å². The van der Waals surface area contributed by atoms with Crippen LogP contribution in [0, 0.1) is 0 Å². The number of benzene rings is 1. The van der Waals surface area contributed by atoms with Gasteiger partial charge in [0, 0.05) is 13.0 Å². The zero-order valence-corrected chi connectivity index (χ0v) is 13.4. The Balaban J connectivity index is 2.30. The van der Waals surface area contributed by atoms with Gasteiger partial charge in [0.15, 0.2) is 6.61 Å². The van der Waals surface area contributed by atoms with Crippen LogP contribution in [0.4, 0.5) is 0 Å². The van der Waals surface area contributed by atoms with E-state index >= 15 is 0 Å². The van der Waals surface area contributed by atoms with Crippen molar-refractivity contribution in [2.75, 3.05) is 20.3 Å². The lowest BCUT2D eigenvalue weighted by atomic mass is 10.2. The van der Waals surface area contributed by atoms with Gasteiger partial charge in [0.25, 0.3) is 5.91 Å². The van der Waals surface area contributed by atoms with E-state index in [0.29, 0.717) is 11.4 Å². The number of esters is 2. The van der Waals surface area contributed by atoms with Crippen LogP contribution in [0.5, 0.6) is 0 Å². The second-order valence-corrected chi connectivity index (χ2v) is 5.05. The first-order valence-electron chi connectivity index (χ1n) is 6.39. The number of hydrogen-bond donors (Lipinski definition) is 1. The van der Waals surface area contributed by atoms with Crippen LogP contribution in [0.3, 0.4) is 0 Å². The minimum Gasteiger partial charge on any atom is -0.469 e. The van der Waals surface area contributed by atoms with Crippen molar-refractivity contribution >= 4 is 41.0 Å². The third kappa shape index (κ3) is 6.32. The molecule has 1 aromatic carbocycles. The number of halogens is 2. The van der Waals surface area contributed by atoms with E-state index in [1.807, 2.05) is 0 Å². The van der Waals surface area contributed by atoms with E-state index in [2.05, 4.69) is 10.1 Å². The second kappa shape index (κ2) is 9.27. The molecule has 6 nitrogen and oxygen atoms in total. The Morgan fingerprint density at radius 1 is 1.18 bits per heavy atom. The fraction of sp³-hybridized carbons (Fsp3) is 0.357. The first kappa shape index (κ1) is 18.3. The molecule has 0 saturated heterocycles. The predicted octanol–water partition coefficient (Wildman–Crippen LogP) is 2.22. The third-order valence-corrected chi connectivity index (χ3v) is 3.34. The lowest BCUT2D eigenvalue weighted by Gasteiger charge is -2.07. The highest BCUT2D eigenvalue weighted by Crippen LogP contribution is 2.22. The van der Waals surface area contributed by atoms with Crippen molar-refractivity contribution in [3.63, 3.8) is 0 Å². The van der Waals surface area contributed by atoms with Crippen molar-refractivity contribution < 1.29 is 23.9 Å². The maximum Gasteiger partial charge on any atom is 0.338 e. The van der Waals surface area contributed by atoms with Gasteiger partial charge in [-0.2, -0.15) is 0 Å². The van der Waals surface area contributed by atoms with Crippen LogP contribution < -0.4 is 5.32 Å². The molecule has 0 aliphatic heterocycles. The van der Waals surface area contributed by atoms with Crippen molar-refractivity contribution in [1.82, 2.24) is 5.32 Å². The lowest BCUT2D eigenvalue weighted by Crippen LogP contribution is -2.29. The van der Waals surface area contributed by atoms with Gasteiger partial charge in [0.1, 0.15) is 0 Å². The topological polar surface area (TPSA) is 81.7 Å². The van der Waals surface area contributed by atoms with Crippen LogP contribution >= 0.6 is 23.2 Å². The van der Waals surface area contributed by atoms with E-state index in [-0.39, 0.29) is 29.5 Å². The van der Waals surface area contributed by atoms with Gasteiger partial charge in [-0.1, -0.05) is 23.2 Å². The molecule has 0 aliphatic rings. The van der Waals surface area contributed by atoms with Crippen molar-refractivity contribution in [3.8, 4) is 0 Å². The number of carbonyl (C=O) groups is 3. The van der Waals surface area contributed by atoms with Crippen LogP contribution in [-0.4, -0.2) is 38.1 Å². The van der Waals surface area contributed by atoms with E-state index in [1.165, 1.54) is 25.3 Å². The van der Waals surface area contributed by atoms with Gasteiger partial charge in [-0.05, 0) is 24.6 Å². The molecule has 1 N–H and O–H groups in total. The zero-order valence-electron chi connectivity index (χ0n) is 11.9. The first-order chi connectivity index (χ1) is 10.4. The van der Waals surface area contributed by atoms with E-state index in [4.69, 9.17) is 27.9 Å². The molecule has 120 valence electrons. The highest BCUT2D eigenvalue weighted by molar-refractivity contribution is 6.42. The number of methoxy groups -OCH3 is 1. The van der Waals surface area contributed by atoms with E-state index in [1.54, 1.807) is 0 Å². The van der Waals surface area contributed by atoms with Gasteiger partial charge in [-0.15, -0.1) is 0 Å². The van der Waals surface area contributed by atoms with E-state index in [0.717, 1.165) is 0 Å². The monoisotopic (exact) mass is 347 g/mol. The van der Waals surface area contributed by atoms with Crippen LogP contribution in [0.1, 0.15) is 23.2 Å². The molecule has 22 heavy (non-hydrogen) atoms. The van der Waals surface area contributed by atoms with Crippen molar-refractivity contribution in [3.05, 3.63) is 33.8 Å². The molecule has 0 heterocycles. The van der Waals surface area contributed by atoms with Gasteiger partial charge in [-0.25, -0.2) is 4.79 Å². The maximum absolute atomic E-state index is 11.7. The summed E-state index contributed by atoms with van der Waals surface area (Å²) in [5.74, 6) is -1.48. The Morgan fingerprint density at radius 3 is 2.55 bits per heavy atom. The molecule has 0 aliphatic carbocycles. The Labute approximate surface area is 137 Å².